The third kappa shape index (κ3) is 3.36. The van der Waals surface area contributed by atoms with Gasteiger partial charge in [-0.15, -0.1) is 0 Å². The van der Waals surface area contributed by atoms with Gasteiger partial charge in [0, 0.05) is 31.7 Å². The van der Waals surface area contributed by atoms with Crippen LogP contribution in [0.2, 0.25) is 0 Å². The average Bonchev–Trinajstić information content (AvgIpc) is 2.56. The molecule has 3 N–H and O–H groups in total. The second kappa shape index (κ2) is 6.66. The van der Waals surface area contributed by atoms with E-state index in [2.05, 4.69) is 9.88 Å². The van der Waals surface area contributed by atoms with Gasteiger partial charge in [0.15, 0.2) is 0 Å². The van der Waals surface area contributed by atoms with Crippen LogP contribution in [0.15, 0.2) is 29.2 Å². The molecule has 1 aromatic carbocycles. The molecule has 2 aromatic rings. The van der Waals surface area contributed by atoms with Crippen molar-refractivity contribution in [3.8, 4) is 5.75 Å². The number of aromatic nitrogens is 2. The fourth-order valence-electron chi connectivity index (χ4n) is 2.96. The van der Waals surface area contributed by atoms with E-state index in [1.807, 2.05) is 18.2 Å². The highest BCUT2D eigenvalue weighted by Crippen LogP contribution is 2.18. The molecule has 23 heavy (non-hydrogen) atoms. The molecule has 1 saturated heterocycles. The van der Waals surface area contributed by atoms with Gasteiger partial charge in [0.05, 0.1) is 30.4 Å². The number of hydrogen-bond donors (Lipinski definition) is 2. The van der Waals surface area contributed by atoms with Crippen molar-refractivity contribution in [2.75, 3.05) is 26.7 Å². The summed E-state index contributed by atoms with van der Waals surface area (Å²) in [6.45, 7) is 2.59. The van der Waals surface area contributed by atoms with E-state index in [0.29, 0.717) is 25.4 Å². The molecule has 7 heteroatoms. The van der Waals surface area contributed by atoms with Crippen molar-refractivity contribution < 1.29 is 9.84 Å². The van der Waals surface area contributed by atoms with Gasteiger partial charge in [-0.1, -0.05) is 0 Å². The summed E-state index contributed by atoms with van der Waals surface area (Å²) >= 11 is 0. The Labute approximate surface area is 134 Å². The highest BCUT2D eigenvalue weighted by Gasteiger charge is 2.24. The molecule has 0 amide bonds. The van der Waals surface area contributed by atoms with Gasteiger partial charge in [-0.2, -0.15) is 0 Å². The molecule has 0 radical (unpaired) electrons. The first kappa shape index (κ1) is 15.9. The van der Waals surface area contributed by atoms with Gasteiger partial charge in [-0.05, 0) is 25.1 Å². The Morgan fingerprint density at radius 3 is 3.00 bits per heavy atom. The van der Waals surface area contributed by atoms with Gasteiger partial charge in [0.2, 0.25) is 0 Å². The fourth-order valence-corrected chi connectivity index (χ4v) is 2.96. The SMILES string of the molecule is COc1ccc2ncc(=O)n(CCN3CC[C@@H](N)[C@@H](O)C3)c2c1. The maximum absolute atomic E-state index is 12.2. The van der Waals surface area contributed by atoms with Gasteiger partial charge in [-0.3, -0.25) is 9.69 Å². The summed E-state index contributed by atoms with van der Waals surface area (Å²) in [6, 6.07) is 5.34. The van der Waals surface area contributed by atoms with Crippen LogP contribution in [-0.2, 0) is 6.54 Å². The summed E-state index contributed by atoms with van der Waals surface area (Å²) < 4.78 is 6.94. The number of hydrogen-bond acceptors (Lipinski definition) is 6. The van der Waals surface area contributed by atoms with Gasteiger partial charge >= 0.3 is 0 Å². The van der Waals surface area contributed by atoms with Crippen molar-refractivity contribution in [2.45, 2.75) is 25.1 Å². The summed E-state index contributed by atoms with van der Waals surface area (Å²) in [6.07, 6.45) is 1.60. The van der Waals surface area contributed by atoms with Crippen LogP contribution in [0.1, 0.15) is 6.42 Å². The molecule has 1 aliphatic heterocycles. The van der Waals surface area contributed by atoms with E-state index in [9.17, 15) is 9.90 Å². The second-order valence-corrected chi connectivity index (χ2v) is 5.92. The van der Waals surface area contributed by atoms with Gasteiger partial charge in [0.25, 0.3) is 5.56 Å². The summed E-state index contributed by atoms with van der Waals surface area (Å²) in [7, 11) is 1.60. The summed E-state index contributed by atoms with van der Waals surface area (Å²) in [5.74, 6) is 0.693. The van der Waals surface area contributed by atoms with E-state index in [1.165, 1.54) is 6.20 Å². The Morgan fingerprint density at radius 2 is 2.26 bits per heavy atom. The van der Waals surface area contributed by atoms with Crippen LogP contribution in [0.5, 0.6) is 5.75 Å². The molecule has 0 unspecified atom stereocenters. The Hall–Kier alpha value is -1.96. The summed E-state index contributed by atoms with van der Waals surface area (Å²) in [4.78, 5) is 18.5. The van der Waals surface area contributed by atoms with Gasteiger partial charge in [0.1, 0.15) is 5.75 Å². The van der Waals surface area contributed by atoms with Crippen molar-refractivity contribution in [1.29, 1.82) is 0 Å². The second-order valence-electron chi connectivity index (χ2n) is 5.92. The number of benzene rings is 1. The van der Waals surface area contributed by atoms with Crippen LogP contribution in [0.3, 0.4) is 0 Å². The zero-order chi connectivity index (χ0) is 16.4. The number of rotatable bonds is 4. The number of aliphatic hydroxyl groups is 1. The molecular formula is C16H22N4O3. The molecule has 1 aliphatic rings. The van der Waals surface area contributed by atoms with Crippen LogP contribution in [-0.4, -0.2) is 58.4 Å². The Bertz CT molecular complexity index is 746. The number of aliphatic hydroxyl groups excluding tert-OH is 1. The van der Waals surface area contributed by atoms with E-state index in [-0.39, 0.29) is 11.6 Å². The molecule has 2 heterocycles. The molecule has 0 bridgehead atoms. The molecule has 0 aliphatic carbocycles. The number of nitrogens with zero attached hydrogens (tertiary/aromatic N) is 3. The first-order valence-electron chi connectivity index (χ1n) is 7.78. The normalized spacial score (nSPS) is 22.4. The number of piperidine rings is 1. The fraction of sp³-hybridized carbons (Fsp3) is 0.500. The number of methoxy groups -OCH3 is 1. The number of nitrogens with two attached hydrogens (primary N) is 1. The minimum atomic E-state index is -0.505. The smallest absolute Gasteiger partial charge is 0.269 e. The van der Waals surface area contributed by atoms with Crippen molar-refractivity contribution in [2.24, 2.45) is 5.73 Å². The highest BCUT2D eigenvalue weighted by atomic mass is 16.5. The van der Waals surface area contributed by atoms with Gasteiger partial charge in [-0.25, -0.2) is 4.98 Å². The third-order valence-corrected chi connectivity index (χ3v) is 4.41. The zero-order valence-corrected chi connectivity index (χ0v) is 13.2. The number of likely N-dealkylation sites (tertiary alicyclic amines) is 1. The Kier molecular flexibility index (Phi) is 4.61. The van der Waals surface area contributed by atoms with Crippen molar-refractivity contribution in [3.63, 3.8) is 0 Å². The quantitative estimate of drug-likeness (QED) is 0.811. The lowest BCUT2D eigenvalue weighted by molar-refractivity contribution is 0.0520. The minimum Gasteiger partial charge on any atom is -0.497 e. The van der Waals surface area contributed by atoms with Crippen molar-refractivity contribution in [1.82, 2.24) is 14.5 Å². The Morgan fingerprint density at radius 1 is 1.43 bits per heavy atom. The lowest BCUT2D eigenvalue weighted by atomic mass is 10.0. The van der Waals surface area contributed by atoms with Crippen molar-refractivity contribution >= 4 is 11.0 Å². The molecular weight excluding hydrogens is 296 g/mol. The van der Waals surface area contributed by atoms with Gasteiger partial charge < -0.3 is 20.1 Å². The lowest BCUT2D eigenvalue weighted by Crippen LogP contribution is -2.51. The van der Waals surface area contributed by atoms with E-state index >= 15 is 0 Å². The molecule has 0 spiro atoms. The number of fused-ring (bicyclic) bond motifs is 1. The topological polar surface area (TPSA) is 93.6 Å². The highest BCUT2D eigenvalue weighted by molar-refractivity contribution is 5.76. The third-order valence-electron chi connectivity index (χ3n) is 4.41. The van der Waals surface area contributed by atoms with Crippen molar-refractivity contribution in [3.05, 3.63) is 34.7 Å². The molecule has 1 fully saturated rings. The molecule has 0 saturated carbocycles. The van der Waals surface area contributed by atoms with Crippen LogP contribution < -0.4 is 16.0 Å². The molecule has 124 valence electrons. The lowest BCUT2D eigenvalue weighted by Gasteiger charge is -2.34. The van der Waals surface area contributed by atoms with E-state index in [0.717, 1.165) is 24.0 Å². The first-order valence-corrected chi connectivity index (χ1v) is 7.78. The average molecular weight is 318 g/mol. The van der Waals surface area contributed by atoms with Crippen LogP contribution in [0.25, 0.3) is 11.0 Å². The standard InChI is InChI=1S/C16H22N4O3/c1-23-11-2-3-13-14(8-11)20(16(22)9-18-13)7-6-19-5-4-12(17)15(21)10-19/h2-3,8-9,12,15,21H,4-7,10,17H2,1H3/t12-,15+/m1/s1. The Balaban J connectivity index is 1.82. The summed E-state index contributed by atoms with van der Waals surface area (Å²) in [5, 5.41) is 9.88. The molecule has 1 aromatic heterocycles. The monoisotopic (exact) mass is 318 g/mol. The first-order chi connectivity index (χ1) is 11.1. The molecule has 2 atom stereocenters. The largest absolute Gasteiger partial charge is 0.497 e. The maximum Gasteiger partial charge on any atom is 0.269 e. The molecule has 7 nitrogen and oxygen atoms in total. The number of ether oxygens (including phenoxy) is 1. The number of β-amino-alcohol motifs (C(OH)–C–C–N with tert-alkyl or cyclic N) is 1. The minimum absolute atomic E-state index is 0.139. The van der Waals surface area contributed by atoms with E-state index < -0.39 is 6.10 Å². The van der Waals surface area contributed by atoms with Crippen LogP contribution in [0.4, 0.5) is 0 Å². The molecule has 3 rings (SSSR count). The van der Waals surface area contributed by atoms with E-state index in [4.69, 9.17) is 10.5 Å². The zero-order valence-electron chi connectivity index (χ0n) is 13.2. The maximum atomic E-state index is 12.2. The predicted octanol–water partition coefficient (Wildman–Crippen LogP) is -0.201. The van der Waals surface area contributed by atoms with Crippen LogP contribution >= 0.6 is 0 Å². The van der Waals surface area contributed by atoms with E-state index in [1.54, 1.807) is 11.7 Å². The predicted molar refractivity (Wildman–Crippen MR) is 87.6 cm³/mol. The van der Waals surface area contributed by atoms with Crippen LogP contribution in [0, 0.1) is 0 Å². The summed E-state index contributed by atoms with van der Waals surface area (Å²) in [5.41, 5.74) is 7.20.